The Morgan fingerprint density at radius 2 is 2.27 bits per heavy atom. The minimum Gasteiger partial charge on any atom is -0.492 e. The van der Waals surface area contributed by atoms with Crippen molar-refractivity contribution in [3.8, 4) is 5.75 Å². The monoisotopic (exact) mass is 353 g/mol. The predicted molar refractivity (Wildman–Crippen MR) is 91.4 cm³/mol. The highest BCUT2D eigenvalue weighted by molar-refractivity contribution is 5.91. The molecule has 1 atom stereocenters. The lowest BCUT2D eigenvalue weighted by molar-refractivity contribution is 0.0659. The van der Waals surface area contributed by atoms with Crippen LogP contribution in [0.25, 0.3) is 0 Å². The van der Waals surface area contributed by atoms with Crippen molar-refractivity contribution in [3.05, 3.63) is 60.3 Å². The Labute approximate surface area is 150 Å². The van der Waals surface area contributed by atoms with E-state index in [-0.39, 0.29) is 17.6 Å². The number of carbonyl (C=O) groups is 1. The van der Waals surface area contributed by atoms with E-state index in [2.05, 4.69) is 19.7 Å². The number of aromatic nitrogens is 4. The van der Waals surface area contributed by atoms with E-state index in [9.17, 15) is 4.79 Å². The maximum absolute atomic E-state index is 12.8. The molecule has 3 aromatic heterocycles. The summed E-state index contributed by atoms with van der Waals surface area (Å²) in [7, 11) is 0. The maximum atomic E-state index is 12.8. The molecule has 1 aliphatic heterocycles. The van der Waals surface area contributed by atoms with Gasteiger partial charge in [0, 0.05) is 37.5 Å². The second-order valence-corrected chi connectivity index (χ2v) is 6.42. The quantitative estimate of drug-likeness (QED) is 0.712. The third-order valence-electron chi connectivity index (χ3n) is 4.33. The van der Waals surface area contributed by atoms with Crippen molar-refractivity contribution >= 4 is 5.91 Å². The number of ether oxygens (including phenoxy) is 1. The van der Waals surface area contributed by atoms with Crippen molar-refractivity contribution in [2.24, 2.45) is 5.92 Å². The van der Waals surface area contributed by atoms with E-state index in [1.54, 1.807) is 42.8 Å². The van der Waals surface area contributed by atoms with Crippen LogP contribution in [0, 0.1) is 12.8 Å². The largest absolute Gasteiger partial charge is 0.492 e. The predicted octanol–water partition coefficient (Wildman–Crippen LogP) is 1.93. The van der Waals surface area contributed by atoms with Gasteiger partial charge in [-0.2, -0.15) is 0 Å². The molecule has 3 aromatic rings. The molecule has 0 bridgehead atoms. The van der Waals surface area contributed by atoms with E-state index in [0.717, 1.165) is 12.2 Å². The van der Waals surface area contributed by atoms with Crippen LogP contribution in [-0.2, 0) is 13.1 Å². The van der Waals surface area contributed by atoms with Crippen LogP contribution < -0.4 is 4.74 Å². The zero-order valence-electron chi connectivity index (χ0n) is 14.4. The lowest BCUT2D eigenvalue weighted by atomic mass is 10.1. The van der Waals surface area contributed by atoms with Crippen LogP contribution in [0.4, 0.5) is 0 Å². The molecule has 0 fully saturated rings. The molecule has 0 saturated heterocycles. The lowest BCUT2D eigenvalue weighted by Gasteiger charge is -2.23. The van der Waals surface area contributed by atoms with Gasteiger partial charge in [-0.1, -0.05) is 5.16 Å². The number of rotatable bonds is 4. The number of carbonyl (C=O) groups excluding carboxylic acids is 1. The first kappa shape index (κ1) is 16.3. The first-order chi connectivity index (χ1) is 12.7. The first-order valence-electron chi connectivity index (χ1n) is 8.43. The van der Waals surface area contributed by atoms with Gasteiger partial charge in [-0.3, -0.25) is 9.78 Å². The number of hydrogen-bond donors (Lipinski definition) is 0. The summed E-state index contributed by atoms with van der Waals surface area (Å²) in [6, 6.07) is 5.36. The Hall–Kier alpha value is -3.16. The first-order valence-corrected chi connectivity index (χ1v) is 8.43. The van der Waals surface area contributed by atoms with Crippen LogP contribution in [0.2, 0.25) is 0 Å². The zero-order valence-corrected chi connectivity index (χ0v) is 14.4. The average Bonchev–Trinajstić information content (AvgIpc) is 3.24. The molecule has 0 saturated carbocycles. The van der Waals surface area contributed by atoms with Crippen molar-refractivity contribution < 1.29 is 14.1 Å². The molecule has 4 rings (SSSR count). The maximum Gasteiger partial charge on any atom is 0.292 e. The van der Waals surface area contributed by atoms with Gasteiger partial charge in [0.1, 0.15) is 5.75 Å². The summed E-state index contributed by atoms with van der Waals surface area (Å²) in [5.41, 5.74) is 1.67. The number of imidazole rings is 1. The molecule has 8 heteroatoms. The molecular weight excluding hydrogens is 334 g/mol. The molecule has 0 N–H and O–H groups in total. The number of fused-ring (bicyclic) bond motifs is 1. The highest BCUT2D eigenvalue weighted by Crippen LogP contribution is 2.20. The van der Waals surface area contributed by atoms with Crippen LogP contribution in [0.1, 0.15) is 21.9 Å². The summed E-state index contributed by atoms with van der Waals surface area (Å²) in [6.07, 6.45) is 6.96. The fourth-order valence-corrected chi connectivity index (χ4v) is 3.08. The third-order valence-corrected chi connectivity index (χ3v) is 4.33. The number of hydrogen-bond acceptors (Lipinski definition) is 6. The van der Waals surface area contributed by atoms with Gasteiger partial charge in [0.25, 0.3) is 5.91 Å². The molecule has 0 radical (unpaired) electrons. The van der Waals surface area contributed by atoms with Gasteiger partial charge in [0.05, 0.1) is 37.1 Å². The fraction of sp³-hybridized carbons (Fsp3) is 0.333. The molecule has 0 aromatic carbocycles. The van der Waals surface area contributed by atoms with Crippen molar-refractivity contribution in [2.45, 2.75) is 20.0 Å². The summed E-state index contributed by atoms with van der Waals surface area (Å²) in [4.78, 5) is 22.9. The lowest BCUT2D eigenvalue weighted by Crippen LogP contribution is -2.35. The fourth-order valence-electron chi connectivity index (χ4n) is 3.08. The van der Waals surface area contributed by atoms with Crippen LogP contribution in [0.5, 0.6) is 5.75 Å². The van der Waals surface area contributed by atoms with Gasteiger partial charge < -0.3 is 18.7 Å². The minimum atomic E-state index is -0.174. The van der Waals surface area contributed by atoms with E-state index in [4.69, 9.17) is 9.26 Å². The van der Waals surface area contributed by atoms with Crippen molar-refractivity contribution in [1.29, 1.82) is 0 Å². The number of amides is 1. The zero-order chi connectivity index (χ0) is 17.9. The highest BCUT2D eigenvalue weighted by Gasteiger charge is 2.28. The smallest absolute Gasteiger partial charge is 0.292 e. The summed E-state index contributed by atoms with van der Waals surface area (Å²) < 4.78 is 13.1. The molecule has 1 aliphatic rings. The topological polar surface area (TPSA) is 86.3 Å². The Bertz CT molecular complexity index is 889. The molecule has 0 spiro atoms. The van der Waals surface area contributed by atoms with Crippen LogP contribution in [0.3, 0.4) is 0 Å². The standard InChI is InChI=1S/C18H19N5O3/c1-13-5-17(26-21-13)18(24)22-8-14(9-23-12-20-6-15(23)10-22)11-25-16-3-2-4-19-7-16/h2-7,12,14H,8-11H2,1H3/t14-/m1/s1. The number of aryl methyl sites for hydroxylation is 1. The highest BCUT2D eigenvalue weighted by atomic mass is 16.5. The molecular formula is C18H19N5O3. The van der Waals surface area contributed by atoms with E-state index >= 15 is 0 Å². The number of nitrogens with zero attached hydrogens (tertiary/aromatic N) is 5. The van der Waals surface area contributed by atoms with E-state index in [0.29, 0.717) is 31.1 Å². The molecule has 134 valence electrons. The van der Waals surface area contributed by atoms with Crippen molar-refractivity contribution in [1.82, 2.24) is 24.6 Å². The van der Waals surface area contributed by atoms with Crippen molar-refractivity contribution in [3.63, 3.8) is 0 Å². The summed E-state index contributed by atoms with van der Waals surface area (Å²) >= 11 is 0. The van der Waals surface area contributed by atoms with Gasteiger partial charge in [0.15, 0.2) is 0 Å². The minimum absolute atomic E-state index is 0.110. The molecule has 8 nitrogen and oxygen atoms in total. The van der Waals surface area contributed by atoms with E-state index < -0.39 is 0 Å². The molecule has 1 amide bonds. The summed E-state index contributed by atoms with van der Waals surface area (Å²) in [5, 5.41) is 3.81. The Morgan fingerprint density at radius 1 is 1.35 bits per heavy atom. The van der Waals surface area contributed by atoms with Crippen LogP contribution in [-0.4, -0.2) is 43.7 Å². The van der Waals surface area contributed by atoms with Crippen molar-refractivity contribution in [2.75, 3.05) is 13.2 Å². The molecule has 0 unspecified atom stereocenters. The SMILES string of the molecule is Cc1cc(C(=O)N2Cc3cncn3C[C@H](COc3cccnc3)C2)on1. The average molecular weight is 353 g/mol. The summed E-state index contributed by atoms with van der Waals surface area (Å²) in [5.74, 6) is 0.902. The summed E-state index contributed by atoms with van der Waals surface area (Å²) in [6.45, 7) is 4.03. The van der Waals surface area contributed by atoms with Crippen LogP contribution in [0.15, 0.2) is 47.6 Å². The second-order valence-electron chi connectivity index (χ2n) is 6.42. The van der Waals surface area contributed by atoms with E-state index in [1.165, 1.54) is 0 Å². The molecule has 26 heavy (non-hydrogen) atoms. The number of pyridine rings is 1. The van der Waals surface area contributed by atoms with Gasteiger partial charge >= 0.3 is 0 Å². The van der Waals surface area contributed by atoms with Gasteiger partial charge in [-0.25, -0.2) is 4.98 Å². The Morgan fingerprint density at radius 3 is 3.04 bits per heavy atom. The van der Waals surface area contributed by atoms with Crippen LogP contribution >= 0.6 is 0 Å². The third kappa shape index (κ3) is 3.44. The Balaban J connectivity index is 1.52. The van der Waals surface area contributed by atoms with E-state index in [1.807, 2.05) is 12.1 Å². The molecule has 4 heterocycles. The van der Waals surface area contributed by atoms with Gasteiger partial charge in [0.2, 0.25) is 5.76 Å². The molecule has 0 aliphatic carbocycles. The Kier molecular flexibility index (Phi) is 4.39. The normalized spacial score (nSPS) is 16.8. The second kappa shape index (κ2) is 6.99. The van der Waals surface area contributed by atoms with Gasteiger partial charge in [-0.15, -0.1) is 0 Å². The van der Waals surface area contributed by atoms with Gasteiger partial charge in [-0.05, 0) is 19.1 Å².